The number of hydrogen-bond acceptors (Lipinski definition) is 4. The number of aromatic nitrogens is 1. The van der Waals surface area contributed by atoms with Crippen molar-refractivity contribution in [3.8, 4) is 0 Å². The zero-order chi connectivity index (χ0) is 15.6. The number of rotatable bonds is 4. The third-order valence-electron chi connectivity index (χ3n) is 2.72. The SMILES string of the molecule is CC(C)(N)C(=O)Nc1ncc(Cc2ccc(F)c(F)c2)s1.Cl. The van der Waals surface area contributed by atoms with Crippen LogP contribution in [0.5, 0.6) is 0 Å². The average molecular weight is 348 g/mol. The molecule has 2 aromatic rings. The number of carbonyl (C=O) groups is 1. The van der Waals surface area contributed by atoms with Crippen LogP contribution in [-0.4, -0.2) is 16.4 Å². The summed E-state index contributed by atoms with van der Waals surface area (Å²) in [5.41, 5.74) is 5.32. The lowest BCUT2D eigenvalue weighted by molar-refractivity contribution is -0.120. The van der Waals surface area contributed by atoms with Crippen LogP contribution in [0.15, 0.2) is 24.4 Å². The second-order valence-electron chi connectivity index (χ2n) is 5.23. The Bertz CT molecular complexity index is 670. The van der Waals surface area contributed by atoms with Gasteiger partial charge in [0, 0.05) is 17.5 Å². The first kappa shape index (κ1) is 18.5. The highest BCUT2D eigenvalue weighted by atomic mass is 35.5. The normalized spacial score (nSPS) is 11.0. The van der Waals surface area contributed by atoms with Gasteiger partial charge in [0.05, 0.1) is 5.54 Å². The number of hydrogen-bond donors (Lipinski definition) is 2. The molecule has 120 valence electrons. The van der Waals surface area contributed by atoms with Crippen molar-refractivity contribution in [1.29, 1.82) is 0 Å². The number of thiazole rings is 1. The smallest absolute Gasteiger partial charge is 0.245 e. The van der Waals surface area contributed by atoms with Crippen molar-refractivity contribution in [2.24, 2.45) is 5.73 Å². The fraction of sp³-hybridized carbons (Fsp3) is 0.286. The lowest BCUT2D eigenvalue weighted by Crippen LogP contribution is -2.45. The molecule has 0 bridgehead atoms. The zero-order valence-corrected chi connectivity index (χ0v) is 13.7. The van der Waals surface area contributed by atoms with Gasteiger partial charge in [0.25, 0.3) is 0 Å². The third kappa shape index (κ3) is 4.72. The molecule has 1 aromatic carbocycles. The Labute approximate surface area is 137 Å². The summed E-state index contributed by atoms with van der Waals surface area (Å²) in [5, 5.41) is 3.04. The minimum absolute atomic E-state index is 0. The van der Waals surface area contributed by atoms with Crippen LogP contribution in [-0.2, 0) is 11.2 Å². The predicted octanol–water partition coefficient (Wildman–Crippen LogP) is 3.11. The molecule has 1 amide bonds. The highest BCUT2D eigenvalue weighted by Gasteiger charge is 2.22. The minimum Gasteiger partial charge on any atom is -0.318 e. The van der Waals surface area contributed by atoms with Gasteiger partial charge in [-0.25, -0.2) is 13.8 Å². The van der Waals surface area contributed by atoms with E-state index in [0.717, 1.165) is 17.0 Å². The largest absolute Gasteiger partial charge is 0.318 e. The fourth-order valence-corrected chi connectivity index (χ4v) is 2.40. The van der Waals surface area contributed by atoms with Gasteiger partial charge < -0.3 is 11.1 Å². The second kappa shape index (κ2) is 7.13. The van der Waals surface area contributed by atoms with Crippen molar-refractivity contribution in [2.75, 3.05) is 5.32 Å². The maximum atomic E-state index is 13.1. The summed E-state index contributed by atoms with van der Waals surface area (Å²) in [4.78, 5) is 16.6. The van der Waals surface area contributed by atoms with Crippen LogP contribution in [0.4, 0.5) is 13.9 Å². The molecule has 0 saturated carbocycles. The van der Waals surface area contributed by atoms with E-state index >= 15 is 0 Å². The standard InChI is InChI=1S/C14H15F2N3OS.ClH/c1-14(2,17)12(20)19-13-18-7-9(21-13)5-8-3-4-10(15)11(16)6-8;/h3-4,6-7H,5,17H2,1-2H3,(H,18,19,20);1H. The molecule has 0 fully saturated rings. The van der Waals surface area contributed by atoms with Crippen LogP contribution < -0.4 is 11.1 Å². The molecule has 0 unspecified atom stereocenters. The van der Waals surface area contributed by atoms with E-state index in [9.17, 15) is 13.6 Å². The number of amides is 1. The predicted molar refractivity (Wildman–Crippen MR) is 85.4 cm³/mol. The summed E-state index contributed by atoms with van der Waals surface area (Å²) < 4.78 is 26.0. The molecule has 4 nitrogen and oxygen atoms in total. The Morgan fingerprint density at radius 1 is 1.36 bits per heavy atom. The molecule has 0 aliphatic heterocycles. The number of nitrogens with zero attached hydrogens (tertiary/aromatic N) is 1. The van der Waals surface area contributed by atoms with Gasteiger partial charge >= 0.3 is 0 Å². The molecule has 3 N–H and O–H groups in total. The van der Waals surface area contributed by atoms with Gasteiger partial charge in [0.1, 0.15) is 0 Å². The molecule has 0 atom stereocenters. The Morgan fingerprint density at radius 3 is 2.64 bits per heavy atom. The van der Waals surface area contributed by atoms with E-state index in [4.69, 9.17) is 5.73 Å². The Morgan fingerprint density at radius 2 is 2.05 bits per heavy atom. The Hall–Kier alpha value is -1.57. The van der Waals surface area contributed by atoms with Crippen LogP contribution >= 0.6 is 23.7 Å². The number of halogens is 3. The Balaban J connectivity index is 0.00000242. The summed E-state index contributed by atoms with van der Waals surface area (Å²) in [6.07, 6.45) is 2.00. The van der Waals surface area contributed by atoms with E-state index in [0.29, 0.717) is 17.1 Å². The second-order valence-corrected chi connectivity index (χ2v) is 6.35. The molecule has 0 spiro atoms. The van der Waals surface area contributed by atoms with Gasteiger partial charge in [0.2, 0.25) is 5.91 Å². The molecule has 0 saturated heterocycles. The lowest BCUT2D eigenvalue weighted by atomic mass is 10.1. The van der Waals surface area contributed by atoms with Crippen LogP contribution in [0.25, 0.3) is 0 Å². The van der Waals surface area contributed by atoms with Crippen LogP contribution in [0.2, 0.25) is 0 Å². The molecule has 0 aliphatic carbocycles. The molecule has 2 rings (SSSR count). The summed E-state index contributed by atoms with van der Waals surface area (Å²) in [5.74, 6) is -2.09. The van der Waals surface area contributed by atoms with E-state index in [1.54, 1.807) is 20.0 Å². The average Bonchev–Trinajstić information content (AvgIpc) is 2.80. The van der Waals surface area contributed by atoms with E-state index in [1.807, 2.05) is 0 Å². The quantitative estimate of drug-likeness (QED) is 0.893. The number of nitrogens with one attached hydrogen (secondary N) is 1. The first-order valence-corrected chi connectivity index (χ1v) is 7.06. The maximum Gasteiger partial charge on any atom is 0.245 e. The number of anilines is 1. The Kier molecular flexibility index (Phi) is 5.99. The van der Waals surface area contributed by atoms with Crippen molar-refractivity contribution in [1.82, 2.24) is 4.98 Å². The number of carbonyl (C=O) groups excluding carboxylic acids is 1. The van der Waals surface area contributed by atoms with Gasteiger partial charge in [-0.2, -0.15) is 0 Å². The molecule has 0 radical (unpaired) electrons. The highest BCUT2D eigenvalue weighted by Crippen LogP contribution is 2.22. The van der Waals surface area contributed by atoms with Crippen LogP contribution in [0.3, 0.4) is 0 Å². The van der Waals surface area contributed by atoms with E-state index in [-0.39, 0.29) is 18.3 Å². The van der Waals surface area contributed by atoms with E-state index < -0.39 is 17.2 Å². The fourth-order valence-electron chi connectivity index (χ4n) is 1.56. The third-order valence-corrected chi connectivity index (χ3v) is 3.63. The topological polar surface area (TPSA) is 68.0 Å². The lowest BCUT2D eigenvalue weighted by Gasteiger charge is -2.16. The molecule has 1 heterocycles. The summed E-state index contributed by atoms with van der Waals surface area (Å²) >= 11 is 1.27. The molecule has 22 heavy (non-hydrogen) atoms. The summed E-state index contributed by atoms with van der Waals surface area (Å²) in [6, 6.07) is 3.75. The highest BCUT2D eigenvalue weighted by molar-refractivity contribution is 7.15. The van der Waals surface area contributed by atoms with E-state index in [2.05, 4.69) is 10.3 Å². The van der Waals surface area contributed by atoms with E-state index in [1.165, 1.54) is 17.4 Å². The first-order chi connectivity index (χ1) is 9.75. The van der Waals surface area contributed by atoms with Gasteiger partial charge in [0.15, 0.2) is 16.8 Å². The minimum atomic E-state index is -0.994. The van der Waals surface area contributed by atoms with Gasteiger partial charge in [-0.15, -0.1) is 23.7 Å². The maximum absolute atomic E-state index is 13.1. The summed E-state index contributed by atoms with van der Waals surface area (Å²) in [7, 11) is 0. The number of nitrogens with two attached hydrogens (primary N) is 1. The van der Waals surface area contributed by atoms with Crippen LogP contribution in [0, 0.1) is 11.6 Å². The van der Waals surface area contributed by atoms with Gasteiger partial charge in [-0.3, -0.25) is 4.79 Å². The van der Waals surface area contributed by atoms with Crippen molar-refractivity contribution < 1.29 is 13.6 Å². The first-order valence-electron chi connectivity index (χ1n) is 6.24. The molecular weight excluding hydrogens is 332 g/mol. The van der Waals surface area contributed by atoms with Crippen LogP contribution in [0.1, 0.15) is 24.3 Å². The molecular formula is C14H16ClF2N3OS. The molecule has 0 aliphatic rings. The van der Waals surface area contributed by atoms with Gasteiger partial charge in [-0.05, 0) is 31.5 Å². The number of benzene rings is 1. The van der Waals surface area contributed by atoms with Crippen molar-refractivity contribution >= 4 is 34.8 Å². The summed E-state index contributed by atoms with van der Waals surface area (Å²) in [6.45, 7) is 3.19. The van der Waals surface area contributed by atoms with Crippen molar-refractivity contribution in [3.63, 3.8) is 0 Å². The molecule has 8 heteroatoms. The van der Waals surface area contributed by atoms with Gasteiger partial charge in [-0.1, -0.05) is 6.07 Å². The molecule has 1 aromatic heterocycles. The van der Waals surface area contributed by atoms with Crippen molar-refractivity contribution in [3.05, 3.63) is 46.5 Å². The monoisotopic (exact) mass is 347 g/mol. The van der Waals surface area contributed by atoms with Crippen molar-refractivity contribution in [2.45, 2.75) is 25.8 Å². The zero-order valence-electron chi connectivity index (χ0n) is 12.0.